The number of benzene rings is 1. The van der Waals surface area contributed by atoms with Gasteiger partial charge in [0.05, 0.1) is 26.9 Å². The Morgan fingerprint density at radius 3 is 2.83 bits per heavy atom. The Morgan fingerprint density at radius 1 is 1.33 bits per heavy atom. The van der Waals surface area contributed by atoms with E-state index in [2.05, 4.69) is 10.6 Å². The number of rotatable bonds is 5. The van der Waals surface area contributed by atoms with Gasteiger partial charge in [-0.05, 0) is 25.0 Å². The molecular formula is C19H17FN4O4S2. The molecule has 1 saturated heterocycles. The van der Waals surface area contributed by atoms with Gasteiger partial charge in [0.2, 0.25) is 11.8 Å². The fourth-order valence-electron chi connectivity index (χ4n) is 3.50. The van der Waals surface area contributed by atoms with E-state index in [0.717, 1.165) is 29.5 Å². The quantitative estimate of drug-likeness (QED) is 0.606. The molecule has 0 unspecified atom stereocenters. The summed E-state index contributed by atoms with van der Waals surface area (Å²) >= 11 is 2.01. The van der Waals surface area contributed by atoms with Gasteiger partial charge in [0.15, 0.2) is 0 Å². The van der Waals surface area contributed by atoms with Crippen LogP contribution in [0.2, 0.25) is 0 Å². The number of hydrogen-bond acceptors (Lipinski definition) is 6. The van der Waals surface area contributed by atoms with E-state index in [1.165, 1.54) is 23.1 Å². The maximum absolute atomic E-state index is 13.7. The first-order valence-corrected chi connectivity index (χ1v) is 10.9. The molecule has 4 amide bonds. The van der Waals surface area contributed by atoms with Gasteiger partial charge in [-0.15, -0.1) is 23.1 Å². The van der Waals surface area contributed by atoms with E-state index < -0.39 is 23.7 Å². The Balaban J connectivity index is 1.58. The topological polar surface area (TPSA) is 122 Å². The highest BCUT2D eigenvalue weighted by molar-refractivity contribution is 8.01. The number of thioether (sulfide) groups is 1. The van der Waals surface area contributed by atoms with Crippen molar-refractivity contribution < 1.29 is 23.6 Å². The third kappa shape index (κ3) is 3.65. The second-order valence-electron chi connectivity index (χ2n) is 6.80. The lowest BCUT2D eigenvalue weighted by Crippen LogP contribution is -2.40. The Kier molecular flexibility index (Phi) is 5.48. The molecule has 30 heavy (non-hydrogen) atoms. The number of carbonyl (C=O) groups excluding carboxylic acids is 4. The minimum absolute atomic E-state index is 0.0153. The largest absolute Gasteiger partial charge is 0.365 e. The van der Waals surface area contributed by atoms with Crippen LogP contribution in [0.25, 0.3) is 0 Å². The van der Waals surface area contributed by atoms with Crippen molar-refractivity contribution in [1.82, 2.24) is 4.90 Å². The number of fused-ring (bicyclic) bond motifs is 2. The maximum atomic E-state index is 13.7. The van der Waals surface area contributed by atoms with Crippen molar-refractivity contribution in [2.75, 3.05) is 22.9 Å². The zero-order valence-electron chi connectivity index (χ0n) is 15.6. The van der Waals surface area contributed by atoms with E-state index in [4.69, 9.17) is 5.73 Å². The molecule has 2 aliphatic rings. The molecule has 3 heterocycles. The normalized spacial score (nSPS) is 17.8. The molecule has 4 N–H and O–H groups in total. The molecule has 0 bridgehead atoms. The second kappa shape index (κ2) is 8.07. The summed E-state index contributed by atoms with van der Waals surface area (Å²) in [5.74, 6) is -2.68. The smallest absolute Gasteiger partial charge is 0.266 e. The van der Waals surface area contributed by atoms with Crippen molar-refractivity contribution in [2.24, 2.45) is 5.73 Å². The first kappa shape index (κ1) is 20.4. The molecule has 1 aromatic heterocycles. The second-order valence-corrected chi connectivity index (χ2v) is 9.06. The lowest BCUT2D eigenvalue weighted by Gasteiger charge is -2.19. The van der Waals surface area contributed by atoms with Crippen molar-refractivity contribution in [1.29, 1.82) is 0 Å². The number of para-hydroxylation sites is 1. The van der Waals surface area contributed by atoms with Crippen LogP contribution < -0.4 is 16.4 Å². The molecule has 1 fully saturated rings. The van der Waals surface area contributed by atoms with Gasteiger partial charge in [-0.2, -0.15) is 0 Å². The Bertz CT molecular complexity index is 1070. The highest BCUT2D eigenvalue weighted by atomic mass is 32.2. The number of halogens is 1. The van der Waals surface area contributed by atoms with Crippen molar-refractivity contribution in [3.8, 4) is 0 Å². The van der Waals surface area contributed by atoms with Crippen molar-refractivity contribution in [3.05, 3.63) is 40.5 Å². The van der Waals surface area contributed by atoms with E-state index in [0.29, 0.717) is 17.2 Å². The van der Waals surface area contributed by atoms with Gasteiger partial charge in [-0.25, -0.2) is 4.39 Å². The average molecular weight is 449 g/mol. The number of carbonyl (C=O) groups is 4. The van der Waals surface area contributed by atoms with Crippen molar-refractivity contribution in [2.45, 2.75) is 23.1 Å². The monoisotopic (exact) mass is 448 g/mol. The van der Waals surface area contributed by atoms with Gasteiger partial charge < -0.3 is 21.3 Å². The predicted molar refractivity (Wildman–Crippen MR) is 111 cm³/mol. The molecule has 8 nitrogen and oxygen atoms in total. The number of anilines is 2. The zero-order chi connectivity index (χ0) is 21.4. The van der Waals surface area contributed by atoms with Crippen molar-refractivity contribution in [3.63, 3.8) is 0 Å². The highest BCUT2D eigenvalue weighted by Crippen LogP contribution is 2.42. The van der Waals surface area contributed by atoms with E-state index in [1.807, 2.05) is 0 Å². The summed E-state index contributed by atoms with van der Waals surface area (Å²) in [6, 6.07) is 5.20. The molecule has 156 valence electrons. The molecule has 4 rings (SSSR count). The molecule has 0 aliphatic carbocycles. The zero-order valence-corrected chi connectivity index (χ0v) is 17.2. The number of amides is 4. The van der Waals surface area contributed by atoms with Crippen LogP contribution in [0.5, 0.6) is 0 Å². The summed E-state index contributed by atoms with van der Waals surface area (Å²) in [6.45, 7) is 0.466. The first-order valence-electron chi connectivity index (χ1n) is 9.12. The highest BCUT2D eigenvalue weighted by Gasteiger charge is 2.41. The SMILES string of the molecule is NC(=O)c1c(SCC(=O)Nc2ccccc2F)sc2c1NC(=O)[C@H]1CCCN1C2=O. The van der Waals surface area contributed by atoms with Gasteiger partial charge >= 0.3 is 0 Å². The van der Waals surface area contributed by atoms with Crippen molar-refractivity contribution >= 4 is 58.1 Å². The molecule has 1 atom stereocenters. The van der Waals surface area contributed by atoms with Crippen LogP contribution in [0.4, 0.5) is 15.8 Å². The summed E-state index contributed by atoms with van der Waals surface area (Å²) in [7, 11) is 0. The van der Waals surface area contributed by atoms with E-state index in [-0.39, 0.29) is 39.4 Å². The summed E-state index contributed by atoms with van der Waals surface area (Å²) in [5.41, 5.74) is 5.68. The average Bonchev–Trinajstić information content (AvgIpc) is 3.31. The van der Waals surface area contributed by atoms with Crippen LogP contribution >= 0.6 is 23.1 Å². The van der Waals surface area contributed by atoms with Crippen LogP contribution in [-0.4, -0.2) is 46.9 Å². The fourth-order valence-corrected chi connectivity index (χ4v) is 5.80. The molecule has 2 aliphatic heterocycles. The number of thiophene rings is 1. The van der Waals surface area contributed by atoms with Gasteiger partial charge in [-0.3, -0.25) is 19.2 Å². The molecule has 1 aromatic carbocycles. The Hall–Kier alpha value is -2.92. The number of nitrogens with zero attached hydrogens (tertiary/aromatic N) is 1. The lowest BCUT2D eigenvalue weighted by molar-refractivity contribution is -0.119. The van der Waals surface area contributed by atoms with Gasteiger partial charge in [0.1, 0.15) is 16.7 Å². The minimum Gasteiger partial charge on any atom is -0.365 e. The van der Waals surface area contributed by atoms with Crippen LogP contribution in [0, 0.1) is 5.82 Å². The Morgan fingerprint density at radius 2 is 2.10 bits per heavy atom. The molecule has 0 radical (unpaired) electrons. The molecular weight excluding hydrogens is 431 g/mol. The lowest BCUT2D eigenvalue weighted by atomic mass is 10.2. The van der Waals surface area contributed by atoms with E-state index in [1.54, 1.807) is 6.07 Å². The van der Waals surface area contributed by atoms with Gasteiger partial charge in [0, 0.05) is 6.54 Å². The fraction of sp³-hybridized carbons (Fsp3) is 0.263. The predicted octanol–water partition coefficient (Wildman–Crippen LogP) is 2.27. The number of primary amides is 1. The molecule has 11 heteroatoms. The standard InChI is InChI=1S/C19H17FN4O4S2/c20-9-4-1-2-5-10(9)22-12(25)8-29-19-13(16(21)26)14-15(30-19)18(28)24-7-3-6-11(24)17(27)23-14/h1-2,4-5,11H,3,6-8H2,(H2,21,26)(H,22,25)(H,23,27)/t11-/m1/s1. The third-order valence-electron chi connectivity index (χ3n) is 4.86. The van der Waals surface area contributed by atoms with Gasteiger partial charge in [0.25, 0.3) is 11.8 Å². The summed E-state index contributed by atoms with van der Waals surface area (Å²) in [6.07, 6.45) is 1.29. The summed E-state index contributed by atoms with van der Waals surface area (Å²) in [5, 5.41) is 5.13. The van der Waals surface area contributed by atoms with Crippen LogP contribution in [0.3, 0.4) is 0 Å². The first-order chi connectivity index (χ1) is 14.4. The minimum atomic E-state index is -0.806. The van der Waals surface area contributed by atoms with E-state index >= 15 is 0 Å². The number of hydrogen-bond donors (Lipinski definition) is 3. The summed E-state index contributed by atoms with van der Waals surface area (Å²) < 4.78 is 14.0. The van der Waals surface area contributed by atoms with Crippen LogP contribution in [0.15, 0.2) is 28.5 Å². The van der Waals surface area contributed by atoms with E-state index in [9.17, 15) is 23.6 Å². The van der Waals surface area contributed by atoms with Crippen LogP contribution in [-0.2, 0) is 9.59 Å². The number of nitrogens with one attached hydrogen (secondary N) is 2. The maximum Gasteiger partial charge on any atom is 0.266 e. The molecule has 0 spiro atoms. The third-order valence-corrected chi connectivity index (χ3v) is 7.31. The molecule has 0 saturated carbocycles. The van der Waals surface area contributed by atoms with Crippen LogP contribution in [0.1, 0.15) is 32.9 Å². The van der Waals surface area contributed by atoms with Gasteiger partial charge in [-0.1, -0.05) is 12.1 Å². The molecule has 2 aromatic rings. The summed E-state index contributed by atoms with van der Waals surface area (Å²) in [4.78, 5) is 51.5. The number of nitrogens with two attached hydrogens (primary N) is 1. The Labute approximate surface area is 179 Å².